The molecule has 1 atom stereocenters. The predicted octanol–water partition coefficient (Wildman–Crippen LogP) is 1.74. The Labute approximate surface area is 148 Å². The van der Waals surface area contributed by atoms with E-state index in [9.17, 15) is 13.2 Å². The second-order valence-electron chi connectivity index (χ2n) is 6.72. The minimum atomic E-state index is -3.64. The molecule has 1 saturated heterocycles. The summed E-state index contributed by atoms with van der Waals surface area (Å²) in [6, 6.07) is 6.61. The van der Waals surface area contributed by atoms with Crippen molar-refractivity contribution < 1.29 is 17.9 Å². The summed E-state index contributed by atoms with van der Waals surface area (Å²) in [5, 5.41) is 0. The molecule has 1 unspecified atom stereocenters. The Morgan fingerprint density at radius 1 is 1.28 bits per heavy atom. The molecular weight excluding hydrogens is 342 g/mol. The van der Waals surface area contributed by atoms with Crippen LogP contribution in [-0.4, -0.2) is 51.1 Å². The molecule has 1 aromatic carbocycles. The van der Waals surface area contributed by atoms with Gasteiger partial charge in [-0.1, -0.05) is 18.9 Å². The van der Waals surface area contributed by atoms with Crippen LogP contribution in [0.5, 0.6) is 0 Å². The lowest BCUT2D eigenvalue weighted by Crippen LogP contribution is -2.44. The molecule has 1 aliphatic carbocycles. The lowest BCUT2D eigenvalue weighted by Gasteiger charge is -2.31. The van der Waals surface area contributed by atoms with Crippen LogP contribution in [0, 0.1) is 0 Å². The summed E-state index contributed by atoms with van der Waals surface area (Å²) in [5.41, 5.74) is 0.854. The molecule has 1 aliphatic heterocycles. The van der Waals surface area contributed by atoms with Crippen molar-refractivity contribution in [3.05, 3.63) is 29.8 Å². The van der Waals surface area contributed by atoms with E-state index >= 15 is 0 Å². The summed E-state index contributed by atoms with van der Waals surface area (Å²) < 4.78 is 35.1. The molecular formula is C17H25N3O4S. The van der Waals surface area contributed by atoms with Gasteiger partial charge in [-0.25, -0.2) is 0 Å². The van der Waals surface area contributed by atoms with Crippen LogP contribution in [0.2, 0.25) is 0 Å². The van der Waals surface area contributed by atoms with Gasteiger partial charge in [0.2, 0.25) is 0 Å². The third-order valence-electron chi connectivity index (χ3n) is 4.57. The number of nitrogens with zero attached hydrogens (tertiary/aromatic N) is 1. The lowest BCUT2D eigenvalue weighted by molar-refractivity contribution is -0.0124. The third kappa shape index (κ3) is 4.93. The van der Waals surface area contributed by atoms with Gasteiger partial charge in [-0.15, -0.1) is 0 Å². The lowest BCUT2D eigenvalue weighted by atomic mass is 10.1. The van der Waals surface area contributed by atoms with Gasteiger partial charge in [-0.05, 0) is 38.0 Å². The van der Waals surface area contributed by atoms with Crippen molar-refractivity contribution in [2.45, 2.75) is 44.8 Å². The minimum Gasteiger partial charge on any atom is -0.375 e. The van der Waals surface area contributed by atoms with Crippen LogP contribution in [0.1, 0.15) is 43.0 Å². The number of carbonyl (C=O) groups is 1. The second kappa shape index (κ2) is 7.72. The van der Waals surface area contributed by atoms with E-state index in [0.717, 1.165) is 25.7 Å². The van der Waals surface area contributed by atoms with Crippen molar-refractivity contribution in [2.24, 2.45) is 0 Å². The fourth-order valence-corrected chi connectivity index (χ4v) is 4.52. The Kier molecular flexibility index (Phi) is 5.61. The highest BCUT2D eigenvalue weighted by Gasteiger charge is 2.24. The number of benzene rings is 1. The van der Waals surface area contributed by atoms with Gasteiger partial charge < -0.3 is 9.64 Å². The normalized spacial score (nSPS) is 22.1. The van der Waals surface area contributed by atoms with Crippen LogP contribution in [0.4, 0.5) is 5.69 Å². The zero-order valence-corrected chi connectivity index (χ0v) is 15.2. The number of morpholine rings is 1. The first-order valence-electron chi connectivity index (χ1n) is 8.74. The van der Waals surface area contributed by atoms with E-state index < -0.39 is 10.2 Å². The van der Waals surface area contributed by atoms with E-state index in [1.807, 2.05) is 6.92 Å². The standard InChI is InChI=1S/C17H25N3O4S/c1-13-12-20(9-10-24-13)17(21)14-5-4-8-16(11-14)19-25(22,23)18-15-6-2-3-7-15/h4-5,8,11,13,15,18-19H,2-3,6-7,9-10,12H2,1H3. The number of anilines is 1. The quantitative estimate of drug-likeness (QED) is 0.830. The highest BCUT2D eigenvalue weighted by molar-refractivity contribution is 7.90. The van der Waals surface area contributed by atoms with Crippen LogP contribution in [0.15, 0.2) is 24.3 Å². The van der Waals surface area contributed by atoms with Crippen LogP contribution in [0.25, 0.3) is 0 Å². The summed E-state index contributed by atoms with van der Waals surface area (Å²) in [4.78, 5) is 14.4. The number of amides is 1. The number of rotatable bonds is 5. The summed E-state index contributed by atoms with van der Waals surface area (Å²) in [7, 11) is -3.64. The van der Waals surface area contributed by atoms with E-state index in [-0.39, 0.29) is 18.1 Å². The van der Waals surface area contributed by atoms with Crippen molar-refractivity contribution in [1.29, 1.82) is 0 Å². The van der Waals surface area contributed by atoms with Crippen LogP contribution >= 0.6 is 0 Å². The van der Waals surface area contributed by atoms with Gasteiger partial charge in [-0.2, -0.15) is 13.1 Å². The molecule has 2 N–H and O–H groups in total. The smallest absolute Gasteiger partial charge is 0.299 e. The summed E-state index contributed by atoms with van der Waals surface area (Å²) >= 11 is 0. The van der Waals surface area contributed by atoms with Crippen molar-refractivity contribution in [3.8, 4) is 0 Å². The second-order valence-corrected chi connectivity index (χ2v) is 8.16. The van der Waals surface area contributed by atoms with E-state index in [2.05, 4.69) is 9.44 Å². The van der Waals surface area contributed by atoms with Crippen LogP contribution in [0.3, 0.4) is 0 Å². The topological polar surface area (TPSA) is 87.7 Å². The molecule has 2 fully saturated rings. The monoisotopic (exact) mass is 367 g/mol. The first-order valence-corrected chi connectivity index (χ1v) is 10.2. The Bertz CT molecular complexity index is 716. The molecule has 0 aromatic heterocycles. The Morgan fingerprint density at radius 2 is 2.04 bits per heavy atom. The zero-order chi connectivity index (χ0) is 17.9. The Morgan fingerprint density at radius 3 is 2.76 bits per heavy atom. The van der Waals surface area contributed by atoms with Crippen molar-refractivity contribution in [3.63, 3.8) is 0 Å². The Balaban J connectivity index is 1.67. The number of hydrogen-bond acceptors (Lipinski definition) is 4. The molecule has 138 valence electrons. The first kappa shape index (κ1) is 18.2. The SMILES string of the molecule is CC1CN(C(=O)c2cccc(NS(=O)(=O)NC3CCCC3)c2)CCO1. The first-order chi connectivity index (χ1) is 11.9. The van der Waals surface area contributed by atoms with Crippen molar-refractivity contribution in [2.75, 3.05) is 24.4 Å². The largest absolute Gasteiger partial charge is 0.375 e. The number of ether oxygens (including phenoxy) is 1. The molecule has 0 bridgehead atoms. The average Bonchev–Trinajstić information content (AvgIpc) is 3.06. The van der Waals surface area contributed by atoms with E-state index in [0.29, 0.717) is 30.9 Å². The molecule has 1 aromatic rings. The molecule has 0 spiro atoms. The van der Waals surface area contributed by atoms with E-state index in [1.165, 1.54) is 0 Å². The maximum Gasteiger partial charge on any atom is 0.299 e. The number of nitrogens with one attached hydrogen (secondary N) is 2. The number of carbonyl (C=O) groups excluding carboxylic acids is 1. The number of hydrogen-bond donors (Lipinski definition) is 2. The summed E-state index contributed by atoms with van der Waals surface area (Å²) in [6.07, 6.45) is 3.85. The van der Waals surface area contributed by atoms with Gasteiger partial charge in [-0.3, -0.25) is 9.52 Å². The molecule has 1 heterocycles. The molecule has 7 nitrogen and oxygen atoms in total. The van der Waals surface area contributed by atoms with Gasteiger partial charge >= 0.3 is 0 Å². The molecule has 2 aliphatic rings. The van der Waals surface area contributed by atoms with Crippen LogP contribution in [-0.2, 0) is 14.9 Å². The van der Waals surface area contributed by atoms with Gasteiger partial charge in [0, 0.05) is 24.7 Å². The van der Waals surface area contributed by atoms with Gasteiger partial charge in [0.1, 0.15) is 0 Å². The molecule has 25 heavy (non-hydrogen) atoms. The highest BCUT2D eigenvalue weighted by atomic mass is 32.2. The molecule has 0 radical (unpaired) electrons. The molecule has 8 heteroatoms. The van der Waals surface area contributed by atoms with Crippen molar-refractivity contribution in [1.82, 2.24) is 9.62 Å². The fraction of sp³-hybridized carbons (Fsp3) is 0.588. The van der Waals surface area contributed by atoms with Crippen molar-refractivity contribution >= 4 is 21.8 Å². The van der Waals surface area contributed by atoms with Gasteiger partial charge in [0.05, 0.1) is 18.4 Å². The minimum absolute atomic E-state index is 0.00264. The predicted molar refractivity (Wildman–Crippen MR) is 95.7 cm³/mol. The maximum absolute atomic E-state index is 12.6. The average molecular weight is 367 g/mol. The maximum atomic E-state index is 12.6. The summed E-state index contributed by atoms with van der Waals surface area (Å²) in [5.74, 6) is -0.111. The van der Waals surface area contributed by atoms with Crippen LogP contribution < -0.4 is 9.44 Å². The molecule has 1 amide bonds. The van der Waals surface area contributed by atoms with Gasteiger partial charge in [0.15, 0.2) is 0 Å². The van der Waals surface area contributed by atoms with Gasteiger partial charge in [0.25, 0.3) is 16.1 Å². The molecule has 1 saturated carbocycles. The third-order valence-corrected chi connectivity index (χ3v) is 5.72. The summed E-state index contributed by atoms with van der Waals surface area (Å²) in [6.45, 7) is 3.53. The van der Waals surface area contributed by atoms with E-state index in [4.69, 9.17) is 4.74 Å². The molecule has 3 rings (SSSR count). The van der Waals surface area contributed by atoms with E-state index in [1.54, 1.807) is 29.2 Å². The zero-order valence-electron chi connectivity index (χ0n) is 14.4. The fourth-order valence-electron chi connectivity index (χ4n) is 3.35. The Hall–Kier alpha value is -1.64. The highest BCUT2D eigenvalue weighted by Crippen LogP contribution is 2.20.